The van der Waals surface area contributed by atoms with Crippen molar-refractivity contribution in [3.05, 3.63) is 0 Å². The Morgan fingerprint density at radius 1 is 1.44 bits per heavy atom. The van der Waals surface area contributed by atoms with Crippen LogP contribution in [0.3, 0.4) is 0 Å². The van der Waals surface area contributed by atoms with E-state index in [1.54, 1.807) is 0 Å². The van der Waals surface area contributed by atoms with E-state index in [0.717, 1.165) is 13.1 Å². The van der Waals surface area contributed by atoms with E-state index in [1.807, 2.05) is 14.0 Å². The number of carboxylic acid groups (broad SMARTS) is 1. The molecule has 0 aliphatic carbocycles. The van der Waals surface area contributed by atoms with Crippen molar-refractivity contribution in [1.29, 1.82) is 0 Å². The van der Waals surface area contributed by atoms with E-state index >= 15 is 0 Å². The molecule has 0 aliphatic rings. The molecule has 1 N–H and O–H groups in total. The van der Waals surface area contributed by atoms with Gasteiger partial charge in [-0.2, -0.15) is 0 Å². The fourth-order valence-electron chi connectivity index (χ4n) is 1.71. The van der Waals surface area contributed by atoms with Crippen molar-refractivity contribution < 1.29 is 14.6 Å². The summed E-state index contributed by atoms with van der Waals surface area (Å²) < 4.78 is 5.16. The zero-order valence-electron chi connectivity index (χ0n) is 11.1. The Hall–Kier alpha value is -0.610. The van der Waals surface area contributed by atoms with E-state index in [1.165, 1.54) is 0 Å². The van der Waals surface area contributed by atoms with Crippen molar-refractivity contribution in [2.24, 2.45) is 5.41 Å². The quantitative estimate of drug-likeness (QED) is 0.726. The van der Waals surface area contributed by atoms with Gasteiger partial charge in [-0.1, -0.05) is 20.8 Å². The summed E-state index contributed by atoms with van der Waals surface area (Å²) >= 11 is 0. The van der Waals surface area contributed by atoms with Gasteiger partial charge in [-0.05, 0) is 25.8 Å². The summed E-state index contributed by atoms with van der Waals surface area (Å²) in [7, 11) is 2.01. The molecule has 4 heteroatoms. The van der Waals surface area contributed by atoms with Crippen LogP contribution in [0.25, 0.3) is 0 Å². The van der Waals surface area contributed by atoms with Gasteiger partial charge in [-0.15, -0.1) is 0 Å². The number of ether oxygens (including phenoxy) is 1. The van der Waals surface area contributed by atoms with E-state index in [4.69, 9.17) is 9.84 Å². The molecule has 96 valence electrons. The molecule has 0 aromatic heterocycles. The molecule has 0 heterocycles. The van der Waals surface area contributed by atoms with Crippen molar-refractivity contribution in [3.8, 4) is 0 Å². The van der Waals surface area contributed by atoms with Gasteiger partial charge in [0.25, 0.3) is 0 Å². The minimum Gasteiger partial charge on any atom is -0.479 e. The number of hydrogen-bond donors (Lipinski definition) is 1. The normalized spacial score (nSPS) is 14.1. The molecule has 0 radical (unpaired) electrons. The minimum atomic E-state index is -0.869. The molecular formula is C12H25NO3. The number of carbonyl (C=O) groups is 1. The molecular weight excluding hydrogens is 206 g/mol. The van der Waals surface area contributed by atoms with Crippen LogP contribution in [0.15, 0.2) is 0 Å². The fourth-order valence-corrected chi connectivity index (χ4v) is 1.71. The van der Waals surface area contributed by atoms with Crippen LogP contribution in [0.2, 0.25) is 0 Å². The van der Waals surface area contributed by atoms with Gasteiger partial charge in [-0.3, -0.25) is 0 Å². The van der Waals surface area contributed by atoms with Crippen LogP contribution in [-0.2, 0) is 9.53 Å². The van der Waals surface area contributed by atoms with Gasteiger partial charge < -0.3 is 14.7 Å². The monoisotopic (exact) mass is 231 g/mol. The summed E-state index contributed by atoms with van der Waals surface area (Å²) in [6.07, 6.45) is -0.136. The molecule has 0 bridgehead atoms. The molecule has 4 nitrogen and oxygen atoms in total. The van der Waals surface area contributed by atoms with Crippen molar-refractivity contribution in [2.45, 2.75) is 40.2 Å². The average molecular weight is 231 g/mol. The first kappa shape index (κ1) is 15.4. The molecule has 0 aromatic carbocycles. The summed E-state index contributed by atoms with van der Waals surface area (Å²) in [5.41, 5.74) is 0.235. The maximum Gasteiger partial charge on any atom is 0.332 e. The van der Waals surface area contributed by atoms with E-state index in [9.17, 15) is 4.79 Å². The number of hydrogen-bond acceptors (Lipinski definition) is 3. The van der Waals surface area contributed by atoms with Crippen LogP contribution < -0.4 is 0 Å². The van der Waals surface area contributed by atoms with Crippen LogP contribution >= 0.6 is 0 Å². The fraction of sp³-hybridized carbons (Fsp3) is 0.917. The first-order valence-electron chi connectivity index (χ1n) is 5.79. The topological polar surface area (TPSA) is 49.8 Å². The van der Waals surface area contributed by atoms with Gasteiger partial charge in [0.2, 0.25) is 0 Å². The lowest BCUT2D eigenvalue weighted by Crippen LogP contribution is -2.34. The summed E-state index contributed by atoms with van der Waals surface area (Å²) in [6, 6.07) is 0. The van der Waals surface area contributed by atoms with Gasteiger partial charge in [0.15, 0.2) is 6.10 Å². The number of aliphatic carboxylic acids is 1. The molecule has 0 saturated heterocycles. The van der Waals surface area contributed by atoms with E-state index in [0.29, 0.717) is 13.0 Å². The van der Waals surface area contributed by atoms with Crippen LogP contribution in [-0.4, -0.2) is 48.8 Å². The zero-order valence-corrected chi connectivity index (χ0v) is 11.1. The van der Waals surface area contributed by atoms with Crippen molar-refractivity contribution in [1.82, 2.24) is 4.90 Å². The number of rotatable bonds is 7. The summed E-state index contributed by atoms with van der Waals surface area (Å²) in [5, 5.41) is 8.91. The van der Waals surface area contributed by atoms with Crippen LogP contribution in [0.5, 0.6) is 0 Å². The molecule has 0 amide bonds. The molecule has 1 atom stereocenters. The van der Waals surface area contributed by atoms with Crippen molar-refractivity contribution in [2.75, 3.05) is 26.7 Å². The maximum atomic E-state index is 10.8. The highest BCUT2D eigenvalue weighted by atomic mass is 16.5. The van der Waals surface area contributed by atoms with Gasteiger partial charge in [0, 0.05) is 19.7 Å². The Kier molecular flexibility index (Phi) is 6.60. The lowest BCUT2D eigenvalue weighted by molar-refractivity contribution is -0.150. The maximum absolute atomic E-state index is 10.8. The van der Waals surface area contributed by atoms with Gasteiger partial charge in [0.1, 0.15) is 0 Å². The van der Waals surface area contributed by atoms with E-state index in [2.05, 4.69) is 25.7 Å². The smallest absolute Gasteiger partial charge is 0.332 e. The zero-order chi connectivity index (χ0) is 12.8. The van der Waals surface area contributed by atoms with Crippen LogP contribution in [0.4, 0.5) is 0 Å². The third kappa shape index (κ3) is 7.65. The Bertz CT molecular complexity index is 211. The molecule has 0 saturated carbocycles. The van der Waals surface area contributed by atoms with Gasteiger partial charge in [-0.25, -0.2) is 4.79 Å². The van der Waals surface area contributed by atoms with Crippen LogP contribution in [0, 0.1) is 5.41 Å². The van der Waals surface area contributed by atoms with E-state index in [-0.39, 0.29) is 5.41 Å². The Balaban J connectivity index is 3.96. The predicted octanol–water partition coefficient (Wildman–Crippen LogP) is 1.84. The molecule has 1 unspecified atom stereocenters. The average Bonchev–Trinajstić information content (AvgIpc) is 2.08. The number of nitrogens with zero attached hydrogens (tertiary/aromatic N) is 1. The van der Waals surface area contributed by atoms with E-state index < -0.39 is 12.1 Å². The number of carboxylic acids is 1. The molecule has 0 fully saturated rings. The second-order valence-electron chi connectivity index (χ2n) is 5.37. The molecule has 0 rings (SSSR count). The second kappa shape index (κ2) is 6.86. The Morgan fingerprint density at radius 2 is 2.00 bits per heavy atom. The molecule has 0 aliphatic heterocycles. The first-order chi connectivity index (χ1) is 7.26. The summed E-state index contributed by atoms with van der Waals surface area (Å²) in [4.78, 5) is 13.0. The highest BCUT2D eigenvalue weighted by Crippen LogP contribution is 2.14. The predicted molar refractivity (Wildman–Crippen MR) is 64.6 cm³/mol. The lowest BCUT2D eigenvalue weighted by Gasteiger charge is -2.27. The Labute approximate surface area is 98.6 Å². The molecule has 0 spiro atoms. The minimum absolute atomic E-state index is 0.235. The van der Waals surface area contributed by atoms with Gasteiger partial charge in [0.05, 0.1) is 0 Å². The Morgan fingerprint density at radius 3 is 2.38 bits per heavy atom. The largest absolute Gasteiger partial charge is 0.479 e. The third-order valence-corrected chi connectivity index (χ3v) is 2.16. The van der Waals surface area contributed by atoms with Gasteiger partial charge >= 0.3 is 5.97 Å². The lowest BCUT2D eigenvalue weighted by atomic mass is 9.96. The molecule has 0 aromatic rings. The standard InChI is InChI=1S/C12H25NO3/c1-6-16-10(11(14)15)7-8-13(5)9-12(2,3)4/h10H,6-9H2,1-5H3,(H,14,15). The highest BCUT2D eigenvalue weighted by molar-refractivity contribution is 5.72. The summed E-state index contributed by atoms with van der Waals surface area (Å²) in [5.74, 6) is -0.869. The summed E-state index contributed by atoms with van der Waals surface area (Å²) in [6.45, 7) is 10.5. The highest BCUT2D eigenvalue weighted by Gasteiger charge is 2.19. The van der Waals surface area contributed by atoms with Crippen LogP contribution in [0.1, 0.15) is 34.1 Å². The second-order valence-corrected chi connectivity index (χ2v) is 5.37. The van der Waals surface area contributed by atoms with Crippen molar-refractivity contribution >= 4 is 5.97 Å². The SMILES string of the molecule is CCOC(CCN(C)CC(C)(C)C)C(=O)O. The van der Waals surface area contributed by atoms with Crippen molar-refractivity contribution in [3.63, 3.8) is 0 Å². The third-order valence-electron chi connectivity index (χ3n) is 2.16. The first-order valence-corrected chi connectivity index (χ1v) is 5.79. The molecule has 16 heavy (non-hydrogen) atoms.